The first-order valence-electron chi connectivity index (χ1n) is 12.6. The topological polar surface area (TPSA) is 105 Å². The molecule has 0 spiro atoms. The van der Waals surface area contributed by atoms with Gasteiger partial charge in [0.1, 0.15) is 22.8 Å². The van der Waals surface area contributed by atoms with Crippen LogP contribution in [0.4, 0.5) is 8.78 Å². The van der Waals surface area contributed by atoms with Crippen molar-refractivity contribution in [1.29, 1.82) is 0 Å². The van der Waals surface area contributed by atoms with Crippen LogP contribution in [0.2, 0.25) is 0 Å². The summed E-state index contributed by atoms with van der Waals surface area (Å²) in [6.07, 6.45) is 1.82. The van der Waals surface area contributed by atoms with Gasteiger partial charge in [-0.15, -0.1) is 0 Å². The molecule has 3 aromatic carbocycles. The zero-order chi connectivity index (χ0) is 28.5. The number of benzene rings is 3. The highest BCUT2D eigenvalue weighted by molar-refractivity contribution is 7.99. The molecule has 0 aliphatic carbocycles. The van der Waals surface area contributed by atoms with E-state index in [1.54, 1.807) is 19.2 Å². The van der Waals surface area contributed by atoms with Crippen molar-refractivity contribution < 1.29 is 18.3 Å². The first-order valence-corrected chi connectivity index (χ1v) is 13.5. The number of methoxy groups -OCH3 is 1. The van der Waals surface area contributed by atoms with Crippen molar-refractivity contribution in [3.05, 3.63) is 112 Å². The minimum atomic E-state index is -0.435. The smallest absolute Gasteiger partial charge is 0.262 e. The lowest BCUT2D eigenvalue weighted by Gasteiger charge is -2.22. The highest BCUT2D eigenvalue weighted by Gasteiger charge is 2.33. The number of aromatic amines is 1. The number of hydrogen-bond acceptors (Lipinski definition) is 7. The highest BCUT2D eigenvalue weighted by atomic mass is 32.2. The van der Waals surface area contributed by atoms with Crippen LogP contribution in [0.3, 0.4) is 0 Å². The largest absolute Gasteiger partial charge is 0.497 e. The van der Waals surface area contributed by atoms with Crippen LogP contribution >= 0.6 is 11.8 Å². The first kappa shape index (κ1) is 26.4. The molecule has 1 amide bonds. The third-order valence-corrected chi connectivity index (χ3v) is 7.52. The average Bonchev–Trinajstić information content (AvgIpc) is 3.63. The maximum atomic E-state index is 13.6. The third-order valence-electron chi connectivity index (χ3n) is 6.66. The lowest BCUT2D eigenvalue weighted by Crippen LogP contribution is -2.28. The number of H-pyrrole nitrogens is 1. The molecule has 6 rings (SSSR count). The highest BCUT2D eigenvalue weighted by Crippen LogP contribution is 2.34. The second kappa shape index (κ2) is 11.0. The summed E-state index contributed by atoms with van der Waals surface area (Å²) < 4.78 is 33.7. The molecule has 41 heavy (non-hydrogen) atoms. The predicted octanol–water partition coefficient (Wildman–Crippen LogP) is 4.87. The molecule has 0 saturated heterocycles. The van der Waals surface area contributed by atoms with Crippen LogP contribution in [-0.2, 0) is 4.79 Å². The lowest BCUT2D eigenvalue weighted by molar-refractivity contribution is -0.130. The van der Waals surface area contributed by atoms with Gasteiger partial charge in [0.15, 0.2) is 10.8 Å². The zero-order valence-electron chi connectivity index (χ0n) is 21.6. The summed E-state index contributed by atoms with van der Waals surface area (Å²) in [5, 5.41) is 10.7. The molecule has 0 fully saturated rings. The second-order valence-electron chi connectivity index (χ2n) is 9.21. The number of amides is 1. The normalized spacial score (nSPS) is 14.9. The van der Waals surface area contributed by atoms with Crippen molar-refractivity contribution in [2.24, 2.45) is 5.10 Å². The Bertz CT molecular complexity index is 1820. The van der Waals surface area contributed by atoms with E-state index in [1.165, 1.54) is 52.3 Å². The number of halogens is 2. The number of hydrogen-bond donors (Lipinski definition) is 1. The number of carbonyl (C=O) groups excluding carboxylic acids is 1. The molecule has 5 aromatic rings. The van der Waals surface area contributed by atoms with Gasteiger partial charge >= 0.3 is 0 Å². The Labute approximate surface area is 236 Å². The molecule has 1 aliphatic rings. The van der Waals surface area contributed by atoms with Crippen molar-refractivity contribution in [1.82, 2.24) is 24.8 Å². The van der Waals surface area contributed by atoms with Crippen LogP contribution in [0.5, 0.6) is 5.75 Å². The lowest BCUT2D eigenvalue weighted by atomic mass is 9.98. The van der Waals surface area contributed by atoms with Crippen LogP contribution in [0.15, 0.2) is 94.0 Å². The number of nitrogens with zero attached hydrogens (tertiary/aromatic N) is 5. The number of rotatable bonds is 7. The van der Waals surface area contributed by atoms with Crippen molar-refractivity contribution in [2.75, 3.05) is 12.9 Å². The quantitative estimate of drug-likeness (QED) is 0.221. The molecular weight excluding hydrogens is 550 g/mol. The SMILES string of the molecule is COc1ccc(C2=NN(C(=O)CSc3nc4c(cnn4-c4ccc(F)cc4)c(=O)[nH]3)[C@H](c3ccc(F)cc3)C2)cc1. The summed E-state index contributed by atoms with van der Waals surface area (Å²) in [5.41, 5.74) is 2.69. The summed E-state index contributed by atoms with van der Waals surface area (Å²) in [6, 6.07) is 18.6. The van der Waals surface area contributed by atoms with Gasteiger partial charge in [0.25, 0.3) is 11.5 Å². The van der Waals surface area contributed by atoms with E-state index < -0.39 is 17.4 Å². The summed E-state index contributed by atoms with van der Waals surface area (Å²) in [5.74, 6) is -0.462. The van der Waals surface area contributed by atoms with E-state index in [0.717, 1.165) is 22.9 Å². The van der Waals surface area contributed by atoms with Gasteiger partial charge in [-0.1, -0.05) is 23.9 Å². The molecule has 2 aromatic heterocycles. The molecule has 1 atom stereocenters. The zero-order valence-corrected chi connectivity index (χ0v) is 22.4. The minimum absolute atomic E-state index is 0.0732. The number of nitrogens with one attached hydrogen (secondary N) is 1. The van der Waals surface area contributed by atoms with E-state index >= 15 is 0 Å². The minimum Gasteiger partial charge on any atom is -0.497 e. The fourth-order valence-electron chi connectivity index (χ4n) is 4.58. The molecule has 12 heteroatoms. The van der Waals surface area contributed by atoms with Crippen molar-refractivity contribution in [3.8, 4) is 11.4 Å². The summed E-state index contributed by atoms with van der Waals surface area (Å²) >= 11 is 1.05. The predicted molar refractivity (Wildman–Crippen MR) is 150 cm³/mol. The van der Waals surface area contributed by atoms with Crippen LogP contribution < -0.4 is 10.3 Å². The molecule has 0 unspecified atom stereocenters. The Morgan fingerprint density at radius 3 is 2.39 bits per heavy atom. The number of hydrazone groups is 1. The van der Waals surface area contributed by atoms with Crippen molar-refractivity contribution in [2.45, 2.75) is 17.6 Å². The maximum Gasteiger partial charge on any atom is 0.262 e. The van der Waals surface area contributed by atoms with E-state index in [-0.39, 0.29) is 33.7 Å². The Kier molecular flexibility index (Phi) is 7.06. The standard InChI is InChI=1S/C29H22F2N6O3S/c1-40-22-12-4-17(5-13-22)24-14-25(18-2-6-19(30)7-3-18)37(35-24)26(38)16-41-29-33-27-23(28(39)34-29)15-32-36(27)21-10-8-20(31)9-11-21/h2-13,15,25H,14,16H2,1H3,(H,33,34,39)/t25-/m0/s1. The van der Waals surface area contributed by atoms with Gasteiger partial charge in [-0.25, -0.2) is 23.5 Å². The van der Waals surface area contributed by atoms with Gasteiger partial charge in [-0.05, 0) is 71.8 Å². The van der Waals surface area contributed by atoms with Gasteiger partial charge in [-0.3, -0.25) is 9.59 Å². The van der Waals surface area contributed by atoms with E-state index in [2.05, 4.69) is 20.2 Å². The number of fused-ring (bicyclic) bond motifs is 1. The number of thioether (sulfide) groups is 1. The van der Waals surface area contributed by atoms with Crippen molar-refractivity contribution >= 4 is 34.4 Å². The van der Waals surface area contributed by atoms with Crippen LogP contribution in [-0.4, -0.2) is 49.2 Å². The first-order chi connectivity index (χ1) is 19.9. The number of carbonyl (C=O) groups is 1. The number of ether oxygens (including phenoxy) is 1. The summed E-state index contributed by atoms with van der Waals surface area (Å²) in [6.45, 7) is 0. The van der Waals surface area contributed by atoms with Gasteiger partial charge in [-0.2, -0.15) is 10.2 Å². The Balaban J connectivity index is 1.27. The van der Waals surface area contributed by atoms with Crippen LogP contribution in [0.25, 0.3) is 16.7 Å². The molecule has 0 radical (unpaired) electrons. The molecule has 206 valence electrons. The summed E-state index contributed by atoms with van der Waals surface area (Å²) in [4.78, 5) is 33.4. The van der Waals surface area contributed by atoms with E-state index in [4.69, 9.17) is 4.74 Å². The molecule has 9 nitrogen and oxygen atoms in total. The monoisotopic (exact) mass is 572 g/mol. The fourth-order valence-corrected chi connectivity index (χ4v) is 5.29. The molecule has 0 saturated carbocycles. The Hall–Kier alpha value is -4.84. The average molecular weight is 573 g/mol. The third kappa shape index (κ3) is 5.33. The van der Waals surface area contributed by atoms with E-state index in [0.29, 0.717) is 23.6 Å². The van der Waals surface area contributed by atoms with Gasteiger partial charge < -0.3 is 9.72 Å². The van der Waals surface area contributed by atoms with Gasteiger partial charge in [0, 0.05) is 6.42 Å². The Morgan fingerprint density at radius 1 is 1.02 bits per heavy atom. The molecule has 1 aliphatic heterocycles. The number of aromatic nitrogens is 4. The second-order valence-corrected chi connectivity index (χ2v) is 10.2. The van der Waals surface area contributed by atoms with E-state index in [9.17, 15) is 18.4 Å². The molecule has 3 heterocycles. The van der Waals surface area contributed by atoms with Crippen LogP contribution in [0.1, 0.15) is 23.6 Å². The molecule has 0 bridgehead atoms. The fraction of sp³-hybridized carbons (Fsp3) is 0.138. The maximum absolute atomic E-state index is 13.6. The summed E-state index contributed by atoms with van der Waals surface area (Å²) in [7, 11) is 1.58. The van der Waals surface area contributed by atoms with Crippen molar-refractivity contribution in [3.63, 3.8) is 0 Å². The van der Waals surface area contributed by atoms with Gasteiger partial charge in [0.2, 0.25) is 0 Å². The van der Waals surface area contributed by atoms with Gasteiger partial charge in [0.05, 0.1) is 36.5 Å². The molecule has 1 N–H and O–H groups in total. The Morgan fingerprint density at radius 2 is 1.71 bits per heavy atom. The van der Waals surface area contributed by atoms with Crippen LogP contribution in [0, 0.1) is 11.6 Å². The van der Waals surface area contributed by atoms with E-state index in [1.807, 2.05) is 24.3 Å². The molecular formula is C29H22F2N6O3S.